The monoisotopic (exact) mass is 474 g/mol. The number of hydrogen-bond donors (Lipinski definition) is 1. The highest BCUT2D eigenvalue weighted by molar-refractivity contribution is 9.10. The van der Waals surface area contributed by atoms with E-state index in [2.05, 4.69) is 31.3 Å². The SMILES string of the molecule is Cc1ccc(NC(=O)c2cnn3c(C(F)(F)F)cc(-c4ccc(Br)cc4)nc23)cc1. The average molecular weight is 475 g/mol. The van der Waals surface area contributed by atoms with Crippen LogP contribution in [0.5, 0.6) is 0 Å². The van der Waals surface area contributed by atoms with Crippen molar-refractivity contribution in [3.8, 4) is 11.3 Å². The third-order valence-electron chi connectivity index (χ3n) is 4.46. The lowest BCUT2D eigenvalue weighted by Gasteiger charge is -2.12. The molecule has 4 aromatic rings. The number of amides is 1. The molecule has 5 nitrogen and oxygen atoms in total. The summed E-state index contributed by atoms with van der Waals surface area (Å²) < 4.78 is 42.5. The van der Waals surface area contributed by atoms with E-state index in [0.717, 1.165) is 22.3 Å². The van der Waals surface area contributed by atoms with Crippen molar-refractivity contribution in [2.45, 2.75) is 13.1 Å². The smallest absolute Gasteiger partial charge is 0.322 e. The van der Waals surface area contributed by atoms with Crippen LogP contribution in [0, 0.1) is 6.92 Å². The molecule has 30 heavy (non-hydrogen) atoms. The number of aryl methyl sites for hydroxylation is 1. The second kappa shape index (κ2) is 7.56. The molecule has 0 unspecified atom stereocenters. The van der Waals surface area contributed by atoms with Gasteiger partial charge in [0.05, 0.1) is 11.9 Å². The molecule has 0 aliphatic carbocycles. The molecule has 0 bridgehead atoms. The van der Waals surface area contributed by atoms with Gasteiger partial charge in [-0.3, -0.25) is 4.79 Å². The van der Waals surface area contributed by atoms with Crippen molar-refractivity contribution in [2.75, 3.05) is 5.32 Å². The fourth-order valence-electron chi connectivity index (χ4n) is 2.93. The summed E-state index contributed by atoms with van der Waals surface area (Å²) in [5, 5.41) is 6.45. The van der Waals surface area contributed by atoms with E-state index in [1.807, 2.05) is 19.1 Å². The maximum atomic E-state index is 13.7. The molecule has 0 aliphatic rings. The van der Waals surface area contributed by atoms with Crippen LogP contribution in [0.3, 0.4) is 0 Å². The molecule has 9 heteroatoms. The number of carbonyl (C=O) groups is 1. The Kier molecular flexibility index (Phi) is 5.07. The number of halogens is 4. The molecule has 0 radical (unpaired) electrons. The lowest BCUT2D eigenvalue weighted by Crippen LogP contribution is -2.15. The fraction of sp³-hybridized carbons (Fsp3) is 0.0952. The van der Waals surface area contributed by atoms with E-state index in [1.165, 1.54) is 0 Å². The van der Waals surface area contributed by atoms with Crippen LogP contribution in [0.15, 0.2) is 65.3 Å². The van der Waals surface area contributed by atoms with E-state index in [1.54, 1.807) is 36.4 Å². The van der Waals surface area contributed by atoms with Gasteiger partial charge in [0.2, 0.25) is 0 Å². The van der Waals surface area contributed by atoms with Crippen LogP contribution < -0.4 is 5.32 Å². The summed E-state index contributed by atoms with van der Waals surface area (Å²) in [7, 11) is 0. The fourth-order valence-corrected chi connectivity index (χ4v) is 3.19. The van der Waals surface area contributed by atoms with Gasteiger partial charge in [-0.15, -0.1) is 0 Å². The molecule has 4 rings (SSSR count). The highest BCUT2D eigenvalue weighted by Gasteiger charge is 2.36. The Morgan fingerprint density at radius 3 is 2.37 bits per heavy atom. The van der Waals surface area contributed by atoms with E-state index < -0.39 is 17.8 Å². The van der Waals surface area contributed by atoms with Gasteiger partial charge in [0.1, 0.15) is 5.56 Å². The Hall–Kier alpha value is -3.20. The number of anilines is 1. The van der Waals surface area contributed by atoms with Crippen molar-refractivity contribution in [1.82, 2.24) is 14.6 Å². The number of nitrogens with one attached hydrogen (secondary N) is 1. The van der Waals surface area contributed by atoms with Crippen molar-refractivity contribution in [3.05, 3.63) is 82.1 Å². The second-order valence-corrected chi connectivity index (χ2v) is 7.56. The third kappa shape index (κ3) is 3.93. The molecule has 0 saturated carbocycles. The number of hydrogen-bond acceptors (Lipinski definition) is 3. The summed E-state index contributed by atoms with van der Waals surface area (Å²) in [6.45, 7) is 1.91. The van der Waals surface area contributed by atoms with Gasteiger partial charge >= 0.3 is 6.18 Å². The highest BCUT2D eigenvalue weighted by atomic mass is 79.9. The standard InChI is InChI=1S/C21H14BrF3N4O/c1-12-2-8-15(9-3-12)27-20(30)16-11-26-29-18(21(23,24)25)10-17(28-19(16)29)13-4-6-14(22)7-5-13/h2-11H,1H3,(H,27,30). The van der Waals surface area contributed by atoms with E-state index in [0.29, 0.717) is 15.8 Å². The van der Waals surface area contributed by atoms with Gasteiger partial charge in [-0.05, 0) is 37.3 Å². The Balaban J connectivity index is 1.83. The van der Waals surface area contributed by atoms with Crippen molar-refractivity contribution in [1.29, 1.82) is 0 Å². The first kappa shape index (κ1) is 20.1. The minimum atomic E-state index is -4.68. The van der Waals surface area contributed by atoms with E-state index in [-0.39, 0.29) is 16.9 Å². The molecular formula is C21H14BrF3N4O. The van der Waals surface area contributed by atoms with Gasteiger partial charge in [0.25, 0.3) is 5.91 Å². The van der Waals surface area contributed by atoms with Crippen LogP contribution in [-0.2, 0) is 6.18 Å². The van der Waals surface area contributed by atoms with Gasteiger partial charge in [0, 0.05) is 15.7 Å². The number of carbonyl (C=O) groups excluding carboxylic acids is 1. The average Bonchev–Trinajstić information content (AvgIpc) is 3.13. The Labute approximate surface area is 177 Å². The van der Waals surface area contributed by atoms with E-state index in [9.17, 15) is 18.0 Å². The number of benzene rings is 2. The molecule has 2 aromatic heterocycles. The number of aromatic nitrogens is 3. The third-order valence-corrected chi connectivity index (χ3v) is 4.98. The maximum Gasteiger partial charge on any atom is 0.433 e. The topological polar surface area (TPSA) is 59.3 Å². The van der Waals surface area contributed by atoms with Crippen molar-refractivity contribution < 1.29 is 18.0 Å². The van der Waals surface area contributed by atoms with E-state index >= 15 is 0 Å². The first-order valence-corrected chi connectivity index (χ1v) is 9.61. The van der Waals surface area contributed by atoms with E-state index in [4.69, 9.17) is 0 Å². The normalized spacial score (nSPS) is 11.6. The predicted octanol–water partition coefficient (Wildman–Crippen LogP) is 5.74. The lowest BCUT2D eigenvalue weighted by atomic mass is 10.1. The van der Waals surface area contributed by atoms with Crippen LogP contribution in [0.2, 0.25) is 0 Å². The zero-order valence-electron chi connectivity index (χ0n) is 15.5. The quantitative estimate of drug-likeness (QED) is 0.411. The van der Waals surface area contributed by atoms with Crippen molar-refractivity contribution in [3.63, 3.8) is 0 Å². The van der Waals surface area contributed by atoms with Gasteiger partial charge in [-0.25, -0.2) is 9.50 Å². The molecule has 1 N–H and O–H groups in total. The van der Waals surface area contributed by atoms with Crippen LogP contribution in [0.4, 0.5) is 18.9 Å². The van der Waals surface area contributed by atoms with Crippen LogP contribution in [-0.4, -0.2) is 20.5 Å². The summed E-state index contributed by atoms with van der Waals surface area (Å²) >= 11 is 3.30. The number of fused-ring (bicyclic) bond motifs is 1. The van der Waals surface area contributed by atoms with Crippen LogP contribution in [0.25, 0.3) is 16.9 Å². The molecule has 0 fully saturated rings. The summed E-state index contributed by atoms with van der Waals surface area (Å²) in [5.41, 5.74) is 0.862. The number of rotatable bonds is 3. The molecule has 0 spiro atoms. The zero-order chi connectivity index (χ0) is 21.5. The summed E-state index contributed by atoms with van der Waals surface area (Å²) in [6.07, 6.45) is -3.59. The minimum Gasteiger partial charge on any atom is -0.322 e. The van der Waals surface area contributed by atoms with Crippen molar-refractivity contribution in [2.24, 2.45) is 0 Å². The number of alkyl halides is 3. The first-order chi connectivity index (χ1) is 14.2. The summed E-state index contributed by atoms with van der Waals surface area (Å²) in [6, 6.07) is 14.7. The zero-order valence-corrected chi connectivity index (χ0v) is 17.1. The minimum absolute atomic E-state index is 0.0555. The van der Waals surface area contributed by atoms with Gasteiger partial charge < -0.3 is 5.32 Å². The van der Waals surface area contributed by atoms with Crippen molar-refractivity contribution >= 4 is 33.2 Å². The molecule has 152 valence electrons. The van der Waals surface area contributed by atoms with Gasteiger partial charge in [-0.1, -0.05) is 45.8 Å². The Bertz CT molecular complexity index is 1230. The molecule has 0 atom stereocenters. The van der Waals surface area contributed by atoms with Crippen LogP contribution in [0.1, 0.15) is 21.6 Å². The molecular weight excluding hydrogens is 461 g/mol. The molecule has 2 heterocycles. The molecule has 0 aliphatic heterocycles. The largest absolute Gasteiger partial charge is 0.433 e. The van der Waals surface area contributed by atoms with Gasteiger partial charge in [-0.2, -0.15) is 18.3 Å². The predicted molar refractivity (Wildman–Crippen MR) is 110 cm³/mol. The molecule has 1 amide bonds. The lowest BCUT2D eigenvalue weighted by molar-refractivity contribution is -0.142. The highest BCUT2D eigenvalue weighted by Crippen LogP contribution is 2.33. The second-order valence-electron chi connectivity index (χ2n) is 6.65. The molecule has 0 saturated heterocycles. The maximum absolute atomic E-state index is 13.7. The Morgan fingerprint density at radius 1 is 1.07 bits per heavy atom. The summed E-state index contributed by atoms with van der Waals surface area (Å²) in [5.74, 6) is -0.595. The number of nitrogens with zero attached hydrogens (tertiary/aromatic N) is 3. The molecule has 2 aromatic carbocycles. The Morgan fingerprint density at radius 2 is 1.73 bits per heavy atom. The summed E-state index contributed by atoms with van der Waals surface area (Å²) in [4.78, 5) is 17.0. The first-order valence-electron chi connectivity index (χ1n) is 8.82. The van der Waals surface area contributed by atoms with Gasteiger partial charge in [0.15, 0.2) is 11.3 Å². The van der Waals surface area contributed by atoms with Crippen LogP contribution >= 0.6 is 15.9 Å².